The van der Waals surface area contributed by atoms with Gasteiger partial charge in [-0.3, -0.25) is 0 Å². The molecule has 0 saturated carbocycles. The van der Waals surface area contributed by atoms with Crippen LogP contribution in [0, 0.1) is 0 Å². The van der Waals surface area contributed by atoms with E-state index in [9.17, 15) is 30.4 Å². The SMILES string of the molecule is O=S(=O)(Cl)c1nc(OC(F)(F)F)cc(CCl)c1C(F)F. The maximum absolute atomic E-state index is 12.8. The minimum Gasteiger partial charge on any atom is -0.388 e. The fourth-order valence-electron chi connectivity index (χ4n) is 1.26. The molecule has 0 bridgehead atoms. The third-order valence-electron chi connectivity index (χ3n) is 1.90. The van der Waals surface area contributed by atoms with Crippen LogP contribution in [0.3, 0.4) is 0 Å². The quantitative estimate of drug-likeness (QED) is 0.468. The molecule has 12 heteroatoms. The lowest BCUT2D eigenvalue weighted by molar-refractivity contribution is -0.276. The Labute approximate surface area is 118 Å². The van der Waals surface area contributed by atoms with Crippen molar-refractivity contribution in [3.63, 3.8) is 0 Å². The summed E-state index contributed by atoms with van der Waals surface area (Å²) in [5, 5.41) is -1.42. The Bertz CT molecular complexity index is 605. The van der Waals surface area contributed by atoms with Gasteiger partial charge in [-0.2, -0.15) is 4.98 Å². The van der Waals surface area contributed by atoms with Crippen molar-refractivity contribution >= 4 is 31.3 Å². The molecule has 0 aliphatic rings. The highest BCUT2D eigenvalue weighted by Gasteiger charge is 2.34. The molecule has 0 atom stereocenters. The normalized spacial score (nSPS) is 12.8. The molecule has 0 N–H and O–H groups in total. The molecule has 4 nitrogen and oxygen atoms in total. The van der Waals surface area contributed by atoms with Gasteiger partial charge in [-0.05, 0) is 5.56 Å². The average molecular weight is 360 g/mol. The largest absolute Gasteiger partial charge is 0.574 e. The van der Waals surface area contributed by atoms with Gasteiger partial charge in [0.05, 0.1) is 5.56 Å². The van der Waals surface area contributed by atoms with Gasteiger partial charge < -0.3 is 4.74 Å². The molecule has 0 spiro atoms. The van der Waals surface area contributed by atoms with Crippen LogP contribution in [-0.2, 0) is 14.9 Å². The van der Waals surface area contributed by atoms with Gasteiger partial charge in [0.1, 0.15) is 0 Å². The molecule has 1 aromatic rings. The van der Waals surface area contributed by atoms with Crippen molar-refractivity contribution in [3.8, 4) is 5.88 Å². The molecule has 0 aromatic carbocycles. The molecule has 0 aliphatic carbocycles. The third-order valence-corrected chi connectivity index (χ3v) is 3.40. The molecule has 0 aliphatic heterocycles. The monoisotopic (exact) mass is 359 g/mol. The number of hydrogen-bond acceptors (Lipinski definition) is 4. The van der Waals surface area contributed by atoms with E-state index in [1.165, 1.54) is 0 Å². The predicted octanol–water partition coefficient (Wildman–Crippen LogP) is 3.58. The van der Waals surface area contributed by atoms with E-state index in [4.69, 9.17) is 22.3 Å². The summed E-state index contributed by atoms with van der Waals surface area (Å²) < 4.78 is 87.3. The standard InChI is InChI=1S/C8H4Cl2F5NO3S/c9-2-3-1-4(19-8(13,14)15)16-7(20(10,17)18)5(3)6(11)12/h1,6H,2H2. The molecular weight excluding hydrogens is 356 g/mol. The van der Waals surface area contributed by atoms with Crippen LogP contribution in [0.5, 0.6) is 5.88 Å². The highest BCUT2D eigenvalue weighted by Crippen LogP contribution is 2.34. The van der Waals surface area contributed by atoms with Crippen molar-refractivity contribution in [2.24, 2.45) is 0 Å². The average Bonchev–Trinajstić information content (AvgIpc) is 2.23. The van der Waals surface area contributed by atoms with Crippen LogP contribution < -0.4 is 4.74 Å². The minimum absolute atomic E-state index is 0.466. The second kappa shape index (κ2) is 5.86. The predicted molar refractivity (Wildman–Crippen MR) is 58.5 cm³/mol. The first-order chi connectivity index (χ1) is 8.95. The first-order valence-corrected chi connectivity index (χ1v) is 7.38. The van der Waals surface area contributed by atoms with Crippen LogP contribution in [0.1, 0.15) is 17.6 Å². The van der Waals surface area contributed by atoms with Crippen molar-refractivity contribution in [2.45, 2.75) is 23.7 Å². The smallest absolute Gasteiger partial charge is 0.388 e. The number of nitrogens with zero attached hydrogens (tertiary/aromatic N) is 1. The zero-order valence-corrected chi connectivity index (χ0v) is 11.4. The zero-order chi connectivity index (χ0) is 15.7. The van der Waals surface area contributed by atoms with E-state index < -0.39 is 49.8 Å². The number of hydrogen-bond donors (Lipinski definition) is 0. The summed E-state index contributed by atoms with van der Waals surface area (Å²) in [5.41, 5.74) is -1.75. The number of aromatic nitrogens is 1. The summed E-state index contributed by atoms with van der Waals surface area (Å²) in [4.78, 5) is 2.86. The zero-order valence-electron chi connectivity index (χ0n) is 9.09. The first-order valence-electron chi connectivity index (χ1n) is 4.54. The molecule has 0 radical (unpaired) electrons. The summed E-state index contributed by atoms with van der Waals surface area (Å²) in [7, 11) is 0.0624. The van der Waals surface area contributed by atoms with Crippen molar-refractivity contribution in [2.75, 3.05) is 0 Å². The van der Waals surface area contributed by atoms with Gasteiger partial charge in [-0.15, -0.1) is 24.8 Å². The van der Waals surface area contributed by atoms with Gasteiger partial charge >= 0.3 is 6.36 Å². The Morgan fingerprint density at radius 3 is 2.25 bits per heavy atom. The van der Waals surface area contributed by atoms with Gasteiger partial charge in [0, 0.05) is 22.6 Å². The lowest BCUT2D eigenvalue weighted by atomic mass is 10.1. The van der Waals surface area contributed by atoms with Crippen molar-refractivity contribution in [1.29, 1.82) is 0 Å². The van der Waals surface area contributed by atoms with Crippen LogP contribution in [0.15, 0.2) is 11.1 Å². The summed E-state index contributed by atoms with van der Waals surface area (Å²) in [6.07, 6.45) is -8.53. The van der Waals surface area contributed by atoms with E-state index in [0.29, 0.717) is 6.07 Å². The van der Waals surface area contributed by atoms with Crippen molar-refractivity contribution in [3.05, 3.63) is 17.2 Å². The lowest BCUT2D eigenvalue weighted by Gasteiger charge is -2.14. The Morgan fingerprint density at radius 2 is 1.90 bits per heavy atom. The summed E-state index contributed by atoms with van der Waals surface area (Å²) in [6.45, 7) is 0. The first kappa shape index (κ1) is 17.2. The molecular formula is C8H4Cl2F5NO3S. The Kier molecular flexibility index (Phi) is 5.03. The van der Waals surface area contributed by atoms with Crippen LogP contribution in [0.25, 0.3) is 0 Å². The van der Waals surface area contributed by atoms with E-state index in [1.54, 1.807) is 0 Å². The van der Waals surface area contributed by atoms with E-state index >= 15 is 0 Å². The maximum Gasteiger partial charge on any atom is 0.574 e. The van der Waals surface area contributed by atoms with Gasteiger partial charge in [0.2, 0.25) is 5.88 Å². The van der Waals surface area contributed by atoms with E-state index in [-0.39, 0.29) is 0 Å². The van der Waals surface area contributed by atoms with Crippen molar-refractivity contribution < 1.29 is 35.1 Å². The maximum atomic E-state index is 12.8. The summed E-state index contributed by atoms with van der Waals surface area (Å²) >= 11 is 5.31. The number of rotatable bonds is 4. The molecule has 20 heavy (non-hydrogen) atoms. The van der Waals surface area contributed by atoms with Crippen LogP contribution in [0.2, 0.25) is 0 Å². The van der Waals surface area contributed by atoms with Gasteiger partial charge in [0.25, 0.3) is 15.5 Å². The Morgan fingerprint density at radius 1 is 1.35 bits per heavy atom. The molecule has 1 aromatic heterocycles. The van der Waals surface area contributed by atoms with E-state index in [1.807, 2.05) is 0 Å². The fourth-order valence-corrected chi connectivity index (χ4v) is 2.51. The van der Waals surface area contributed by atoms with Gasteiger partial charge in [-0.1, -0.05) is 0 Å². The van der Waals surface area contributed by atoms with Crippen molar-refractivity contribution in [1.82, 2.24) is 4.98 Å². The molecule has 0 unspecified atom stereocenters. The molecule has 0 fully saturated rings. The van der Waals surface area contributed by atoms with E-state index in [0.717, 1.165) is 0 Å². The Hall–Kier alpha value is -0.870. The summed E-state index contributed by atoms with van der Waals surface area (Å²) in [5.74, 6) is -1.94. The Balaban J connectivity index is 3.57. The molecule has 0 amide bonds. The van der Waals surface area contributed by atoms with Crippen LogP contribution >= 0.6 is 22.3 Å². The molecule has 0 saturated heterocycles. The minimum atomic E-state index is -5.18. The van der Waals surface area contributed by atoms with Gasteiger partial charge in [-0.25, -0.2) is 17.2 Å². The number of pyridine rings is 1. The van der Waals surface area contributed by atoms with Gasteiger partial charge in [0.15, 0.2) is 5.03 Å². The topological polar surface area (TPSA) is 56.3 Å². The molecule has 1 heterocycles. The number of alkyl halides is 6. The number of ether oxygens (including phenoxy) is 1. The molecule has 114 valence electrons. The third kappa shape index (κ3) is 4.32. The lowest BCUT2D eigenvalue weighted by Crippen LogP contribution is -2.19. The van der Waals surface area contributed by atoms with Crippen LogP contribution in [0.4, 0.5) is 22.0 Å². The number of halogens is 7. The summed E-state index contributed by atoms with van der Waals surface area (Å²) in [6, 6.07) is 0.466. The van der Waals surface area contributed by atoms with Crippen LogP contribution in [-0.4, -0.2) is 19.8 Å². The highest BCUT2D eigenvalue weighted by atomic mass is 35.7. The second-order valence-corrected chi connectivity index (χ2v) is 6.01. The second-order valence-electron chi connectivity index (χ2n) is 3.26. The van der Waals surface area contributed by atoms with E-state index in [2.05, 4.69) is 9.72 Å². The fraction of sp³-hybridized carbons (Fsp3) is 0.375. The molecule has 1 rings (SSSR count). The highest BCUT2D eigenvalue weighted by molar-refractivity contribution is 8.13.